The van der Waals surface area contributed by atoms with Gasteiger partial charge in [0.25, 0.3) is 5.91 Å². The molecule has 0 bridgehead atoms. The van der Waals surface area contributed by atoms with Gasteiger partial charge in [0, 0.05) is 19.9 Å². The highest BCUT2D eigenvalue weighted by molar-refractivity contribution is 6.33. The van der Waals surface area contributed by atoms with E-state index in [0.717, 1.165) is 6.42 Å². The Morgan fingerprint density at radius 2 is 1.82 bits per heavy atom. The molecule has 2 aromatic carbocycles. The van der Waals surface area contributed by atoms with E-state index < -0.39 is 24.0 Å². The van der Waals surface area contributed by atoms with Crippen molar-refractivity contribution >= 4 is 41.2 Å². The highest BCUT2D eigenvalue weighted by atomic mass is 35.5. The van der Waals surface area contributed by atoms with E-state index in [1.165, 1.54) is 26.2 Å². The number of anilines is 1. The Morgan fingerprint density at radius 1 is 1.09 bits per heavy atom. The second kappa shape index (κ2) is 12.4. The first-order chi connectivity index (χ1) is 15.7. The second-order valence-electron chi connectivity index (χ2n) is 7.06. The third-order valence-electron chi connectivity index (χ3n) is 4.43. The van der Waals surface area contributed by atoms with Crippen LogP contribution >= 0.6 is 11.6 Å². The number of hydrogen-bond donors (Lipinski definition) is 3. The van der Waals surface area contributed by atoms with Crippen molar-refractivity contribution in [1.29, 1.82) is 0 Å². The highest BCUT2D eigenvalue weighted by Crippen LogP contribution is 2.27. The maximum absolute atomic E-state index is 12.6. The molecule has 0 unspecified atom stereocenters. The summed E-state index contributed by atoms with van der Waals surface area (Å²) in [6.45, 7) is 3.66. The first-order valence-corrected chi connectivity index (χ1v) is 10.6. The molecule has 176 valence electrons. The molecule has 0 aliphatic rings. The van der Waals surface area contributed by atoms with Gasteiger partial charge < -0.3 is 25.4 Å². The van der Waals surface area contributed by atoms with Crippen LogP contribution in [0.4, 0.5) is 10.5 Å². The standard InChI is InChI=1S/C23H26ClN3O6/c1-4-11-25-23(31)33-20-10-9-15(12-18(20)26-14(2)28)13-19(22(30)32-3)27-21(29)16-7-5-6-8-17(16)24/h5-10,12,19H,4,11,13H2,1-3H3,(H,25,31)(H,26,28)(H,27,29)/t19-/m0/s1. The van der Waals surface area contributed by atoms with Crippen LogP contribution < -0.4 is 20.7 Å². The van der Waals surface area contributed by atoms with Gasteiger partial charge in [0.1, 0.15) is 6.04 Å². The van der Waals surface area contributed by atoms with Crippen LogP contribution in [0.25, 0.3) is 0 Å². The van der Waals surface area contributed by atoms with Crippen LogP contribution in [0.1, 0.15) is 36.2 Å². The lowest BCUT2D eigenvalue weighted by atomic mass is 10.0. The van der Waals surface area contributed by atoms with Gasteiger partial charge in [0.2, 0.25) is 5.91 Å². The summed E-state index contributed by atoms with van der Waals surface area (Å²) in [7, 11) is 1.21. The van der Waals surface area contributed by atoms with Crippen LogP contribution in [0.15, 0.2) is 42.5 Å². The molecule has 0 heterocycles. The van der Waals surface area contributed by atoms with Gasteiger partial charge in [-0.15, -0.1) is 0 Å². The Hall–Kier alpha value is -3.59. The number of rotatable bonds is 9. The summed E-state index contributed by atoms with van der Waals surface area (Å²) < 4.78 is 10.1. The molecule has 0 spiro atoms. The van der Waals surface area contributed by atoms with Crippen LogP contribution in [-0.4, -0.2) is 43.6 Å². The predicted molar refractivity (Wildman–Crippen MR) is 123 cm³/mol. The van der Waals surface area contributed by atoms with Gasteiger partial charge in [0.15, 0.2) is 5.75 Å². The molecular formula is C23H26ClN3O6. The molecule has 9 nitrogen and oxygen atoms in total. The molecule has 1 atom stereocenters. The first-order valence-electron chi connectivity index (χ1n) is 10.2. The van der Waals surface area contributed by atoms with E-state index in [2.05, 4.69) is 16.0 Å². The molecule has 0 aliphatic heterocycles. The number of halogens is 1. The van der Waals surface area contributed by atoms with Crippen molar-refractivity contribution < 1.29 is 28.7 Å². The molecule has 0 aliphatic carbocycles. The van der Waals surface area contributed by atoms with Crippen molar-refractivity contribution in [2.45, 2.75) is 32.7 Å². The van der Waals surface area contributed by atoms with E-state index in [4.69, 9.17) is 21.1 Å². The van der Waals surface area contributed by atoms with Gasteiger partial charge in [-0.1, -0.05) is 36.7 Å². The molecule has 3 N–H and O–H groups in total. The molecule has 10 heteroatoms. The van der Waals surface area contributed by atoms with E-state index in [1.807, 2.05) is 6.92 Å². The fourth-order valence-electron chi connectivity index (χ4n) is 2.90. The van der Waals surface area contributed by atoms with E-state index in [-0.39, 0.29) is 34.4 Å². The van der Waals surface area contributed by atoms with Crippen molar-refractivity contribution in [2.24, 2.45) is 0 Å². The number of hydrogen-bond acceptors (Lipinski definition) is 6. The number of carbonyl (C=O) groups excluding carboxylic acids is 4. The quantitative estimate of drug-likeness (QED) is 0.478. The zero-order valence-electron chi connectivity index (χ0n) is 18.6. The van der Waals surface area contributed by atoms with E-state index in [0.29, 0.717) is 12.1 Å². The smallest absolute Gasteiger partial charge is 0.412 e. The Kier molecular flexibility index (Phi) is 9.68. The lowest BCUT2D eigenvalue weighted by molar-refractivity contribution is -0.142. The van der Waals surface area contributed by atoms with E-state index >= 15 is 0 Å². The fraction of sp³-hybridized carbons (Fsp3) is 0.304. The lowest BCUT2D eigenvalue weighted by Crippen LogP contribution is -2.43. The van der Waals surface area contributed by atoms with Gasteiger partial charge in [-0.25, -0.2) is 9.59 Å². The molecule has 0 saturated carbocycles. The van der Waals surface area contributed by atoms with Crippen molar-refractivity contribution in [3.8, 4) is 5.75 Å². The Labute approximate surface area is 196 Å². The number of benzene rings is 2. The van der Waals surface area contributed by atoms with E-state index in [9.17, 15) is 19.2 Å². The summed E-state index contributed by atoms with van der Waals surface area (Å²) >= 11 is 6.07. The lowest BCUT2D eigenvalue weighted by Gasteiger charge is -2.18. The minimum Gasteiger partial charge on any atom is -0.467 e. The maximum atomic E-state index is 12.6. The minimum absolute atomic E-state index is 0.0533. The summed E-state index contributed by atoms with van der Waals surface area (Å²) in [5.74, 6) is -1.43. The van der Waals surface area contributed by atoms with Crippen molar-refractivity contribution in [3.05, 3.63) is 58.6 Å². The van der Waals surface area contributed by atoms with Crippen molar-refractivity contribution in [1.82, 2.24) is 10.6 Å². The molecule has 2 rings (SSSR count). The molecule has 0 fully saturated rings. The van der Waals surface area contributed by atoms with Crippen LogP contribution in [0.5, 0.6) is 5.75 Å². The Bertz CT molecular complexity index is 1030. The van der Waals surface area contributed by atoms with Crippen LogP contribution in [0.3, 0.4) is 0 Å². The average Bonchev–Trinajstić information content (AvgIpc) is 2.78. The number of nitrogens with one attached hydrogen (secondary N) is 3. The predicted octanol–water partition coefficient (Wildman–Crippen LogP) is 3.31. The highest BCUT2D eigenvalue weighted by Gasteiger charge is 2.24. The minimum atomic E-state index is -1.02. The largest absolute Gasteiger partial charge is 0.467 e. The summed E-state index contributed by atoms with van der Waals surface area (Å²) in [6.07, 6.45) is 0.134. The number of esters is 1. The molecule has 0 radical (unpaired) electrons. The van der Waals surface area contributed by atoms with Gasteiger partial charge >= 0.3 is 12.1 Å². The van der Waals surface area contributed by atoms with Gasteiger partial charge in [-0.2, -0.15) is 0 Å². The number of ether oxygens (including phenoxy) is 2. The molecule has 2 aromatic rings. The molecule has 33 heavy (non-hydrogen) atoms. The Balaban J connectivity index is 2.25. The Morgan fingerprint density at radius 3 is 2.45 bits per heavy atom. The SMILES string of the molecule is CCCNC(=O)Oc1ccc(C[C@H](NC(=O)c2ccccc2Cl)C(=O)OC)cc1NC(C)=O. The summed E-state index contributed by atoms with van der Waals surface area (Å²) in [6, 6.07) is 10.1. The number of amides is 3. The molecule has 0 aromatic heterocycles. The van der Waals surface area contributed by atoms with Gasteiger partial charge in [0.05, 0.1) is 23.4 Å². The first kappa shape index (κ1) is 25.7. The topological polar surface area (TPSA) is 123 Å². The summed E-state index contributed by atoms with van der Waals surface area (Å²) in [5, 5.41) is 8.05. The maximum Gasteiger partial charge on any atom is 0.412 e. The van der Waals surface area contributed by atoms with Crippen LogP contribution in [-0.2, 0) is 20.7 Å². The molecular weight excluding hydrogens is 450 g/mol. The molecule has 0 saturated heterocycles. The van der Waals surface area contributed by atoms with Gasteiger partial charge in [-0.3, -0.25) is 9.59 Å². The number of carbonyl (C=O) groups is 4. The summed E-state index contributed by atoms with van der Waals surface area (Å²) in [4.78, 5) is 48.5. The van der Waals surface area contributed by atoms with Crippen molar-refractivity contribution in [2.75, 3.05) is 19.0 Å². The second-order valence-corrected chi connectivity index (χ2v) is 7.47. The monoisotopic (exact) mass is 475 g/mol. The van der Waals surface area contributed by atoms with Crippen molar-refractivity contribution in [3.63, 3.8) is 0 Å². The third kappa shape index (κ3) is 7.80. The van der Waals surface area contributed by atoms with Gasteiger partial charge in [-0.05, 0) is 36.2 Å². The fourth-order valence-corrected chi connectivity index (χ4v) is 3.12. The number of methoxy groups -OCH3 is 1. The van der Waals surface area contributed by atoms with Crippen LogP contribution in [0.2, 0.25) is 5.02 Å². The van der Waals surface area contributed by atoms with E-state index in [1.54, 1.807) is 30.3 Å². The third-order valence-corrected chi connectivity index (χ3v) is 4.76. The summed E-state index contributed by atoms with van der Waals surface area (Å²) in [5.41, 5.74) is 1.04. The normalized spacial score (nSPS) is 11.2. The molecule has 3 amide bonds. The average molecular weight is 476 g/mol. The zero-order valence-corrected chi connectivity index (χ0v) is 19.3. The zero-order chi connectivity index (χ0) is 24.4. The van der Waals surface area contributed by atoms with Crippen LogP contribution in [0, 0.1) is 0 Å².